The van der Waals surface area contributed by atoms with Gasteiger partial charge in [-0.1, -0.05) is 42.8 Å². The van der Waals surface area contributed by atoms with E-state index in [1.165, 1.54) is 11.3 Å². The van der Waals surface area contributed by atoms with E-state index >= 15 is 0 Å². The van der Waals surface area contributed by atoms with Crippen LogP contribution in [0.2, 0.25) is 5.02 Å². The Kier molecular flexibility index (Phi) is 5.41. The highest BCUT2D eigenvalue weighted by Gasteiger charge is 2.18. The Morgan fingerprint density at radius 2 is 2.00 bits per heavy atom. The molecule has 7 heteroatoms. The van der Waals surface area contributed by atoms with Crippen LogP contribution >= 0.6 is 22.9 Å². The Labute approximate surface area is 172 Å². The number of hydrogen-bond acceptors (Lipinski definition) is 4. The number of thiazole rings is 1. The lowest BCUT2D eigenvalue weighted by atomic mass is 10.0. The first-order valence-corrected chi connectivity index (χ1v) is 10.4. The minimum atomic E-state index is -0.0681. The number of carbonyl (C=O) groups is 1. The van der Waals surface area contributed by atoms with Crippen molar-refractivity contribution in [2.45, 2.75) is 25.9 Å². The molecule has 0 aliphatic carbocycles. The summed E-state index contributed by atoms with van der Waals surface area (Å²) in [6.07, 6.45) is 0.789. The molecule has 1 atom stereocenters. The number of para-hydroxylation sites is 2. The summed E-state index contributed by atoms with van der Waals surface area (Å²) in [6, 6.07) is 15.3. The van der Waals surface area contributed by atoms with Crippen molar-refractivity contribution in [1.29, 1.82) is 0 Å². The fraction of sp³-hybridized carbons (Fsp3) is 0.190. The number of imidazole rings is 1. The fourth-order valence-electron chi connectivity index (χ4n) is 3.25. The number of fused-ring (bicyclic) bond motifs is 1. The van der Waals surface area contributed by atoms with Crippen LogP contribution in [-0.2, 0) is 11.3 Å². The van der Waals surface area contributed by atoms with Crippen LogP contribution in [0.25, 0.3) is 22.6 Å². The molecular formula is C21H19ClN4OS. The van der Waals surface area contributed by atoms with Gasteiger partial charge in [0.25, 0.3) is 0 Å². The maximum Gasteiger partial charge on any atom is 0.240 e. The summed E-state index contributed by atoms with van der Waals surface area (Å²) in [5.41, 5.74) is 5.35. The number of benzene rings is 2. The molecule has 0 bridgehead atoms. The largest absolute Gasteiger partial charge is 0.348 e. The van der Waals surface area contributed by atoms with Gasteiger partial charge in [0.05, 0.1) is 22.6 Å². The van der Waals surface area contributed by atoms with Crippen molar-refractivity contribution >= 4 is 39.9 Å². The molecule has 2 aromatic carbocycles. The molecule has 28 heavy (non-hydrogen) atoms. The van der Waals surface area contributed by atoms with Crippen LogP contribution in [0.3, 0.4) is 0 Å². The smallest absolute Gasteiger partial charge is 0.240 e. The van der Waals surface area contributed by atoms with Crippen LogP contribution in [0.1, 0.15) is 24.9 Å². The molecule has 0 aliphatic rings. The zero-order chi connectivity index (χ0) is 19.5. The number of aromatic nitrogens is 3. The molecule has 1 amide bonds. The first-order valence-electron chi connectivity index (χ1n) is 9.04. The third-order valence-electron chi connectivity index (χ3n) is 4.63. The topological polar surface area (TPSA) is 59.8 Å². The van der Waals surface area contributed by atoms with Crippen LogP contribution in [0.5, 0.6) is 0 Å². The van der Waals surface area contributed by atoms with Crippen molar-refractivity contribution < 1.29 is 4.79 Å². The summed E-state index contributed by atoms with van der Waals surface area (Å²) in [6.45, 7) is 2.23. The van der Waals surface area contributed by atoms with Crippen molar-refractivity contribution in [3.8, 4) is 11.5 Å². The van der Waals surface area contributed by atoms with Gasteiger partial charge in [0.15, 0.2) is 5.82 Å². The van der Waals surface area contributed by atoms with E-state index in [9.17, 15) is 4.79 Å². The molecule has 0 radical (unpaired) electrons. The predicted octanol–water partition coefficient (Wildman–Crippen LogP) is 5.08. The Balaban J connectivity index is 1.61. The third kappa shape index (κ3) is 3.79. The first kappa shape index (κ1) is 18.7. The molecule has 2 aromatic heterocycles. The zero-order valence-electron chi connectivity index (χ0n) is 15.3. The second-order valence-electron chi connectivity index (χ2n) is 6.46. The van der Waals surface area contributed by atoms with E-state index in [0.717, 1.165) is 28.7 Å². The number of amides is 1. The lowest BCUT2D eigenvalue weighted by Gasteiger charge is -2.18. The van der Waals surface area contributed by atoms with Crippen molar-refractivity contribution in [3.05, 3.63) is 70.0 Å². The summed E-state index contributed by atoms with van der Waals surface area (Å²) < 4.78 is 1.92. The highest BCUT2D eigenvalue weighted by Crippen LogP contribution is 2.25. The van der Waals surface area contributed by atoms with Gasteiger partial charge in [-0.25, -0.2) is 9.97 Å². The number of nitrogens with zero attached hydrogens (tertiary/aromatic N) is 3. The molecule has 0 saturated carbocycles. The van der Waals surface area contributed by atoms with Crippen molar-refractivity contribution in [3.63, 3.8) is 0 Å². The quantitative estimate of drug-likeness (QED) is 0.482. The Morgan fingerprint density at radius 1 is 1.21 bits per heavy atom. The maximum atomic E-state index is 12.9. The highest BCUT2D eigenvalue weighted by atomic mass is 35.5. The summed E-state index contributed by atoms with van der Waals surface area (Å²) in [5.74, 6) is 0.638. The molecule has 0 fully saturated rings. The van der Waals surface area contributed by atoms with Gasteiger partial charge in [-0.05, 0) is 36.2 Å². The van der Waals surface area contributed by atoms with E-state index < -0.39 is 0 Å². The van der Waals surface area contributed by atoms with Crippen LogP contribution in [0.15, 0.2) is 59.4 Å². The minimum Gasteiger partial charge on any atom is -0.348 e. The summed E-state index contributed by atoms with van der Waals surface area (Å²) in [7, 11) is 0. The standard InChI is InChI=1S/C21H19ClN4OS/c1-2-16(14-7-9-15(22)10-8-14)24-20(27)11-26-19-6-4-3-5-17(19)25-21(26)18-12-28-13-23-18/h3-10,12-13,16H,2,11H2,1H3,(H,24,27). The normalized spacial score (nSPS) is 12.2. The molecule has 142 valence electrons. The maximum absolute atomic E-state index is 12.9. The molecule has 1 N–H and O–H groups in total. The molecule has 1 unspecified atom stereocenters. The summed E-state index contributed by atoms with van der Waals surface area (Å²) in [5, 5.41) is 5.76. The molecule has 0 saturated heterocycles. The predicted molar refractivity (Wildman–Crippen MR) is 113 cm³/mol. The average molecular weight is 411 g/mol. The van der Waals surface area contributed by atoms with E-state index in [1.807, 2.05) is 65.4 Å². The zero-order valence-corrected chi connectivity index (χ0v) is 16.9. The lowest BCUT2D eigenvalue weighted by Crippen LogP contribution is -2.31. The van der Waals surface area contributed by atoms with Crippen LogP contribution in [0.4, 0.5) is 0 Å². The van der Waals surface area contributed by atoms with E-state index in [1.54, 1.807) is 5.51 Å². The average Bonchev–Trinajstić information content (AvgIpc) is 3.35. The van der Waals surface area contributed by atoms with E-state index in [2.05, 4.69) is 15.3 Å². The van der Waals surface area contributed by atoms with Gasteiger partial charge in [0, 0.05) is 10.4 Å². The molecule has 0 spiro atoms. The molecule has 0 aliphatic heterocycles. The van der Waals surface area contributed by atoms with E-state index in [4.69, 9.17) is 11.6 Å². The first-order chi connectivity index (χ1) is 13.7. The summed E-state index contributed by atoms with van der Waals surface area (Å²) in [4.78, 5) is 21.9. The number of halogens is 1. The van der Waals surface area contributed by atoms with Gasteiger partial charge in [0.1, 0.15) is 12.2 Å². The van der Waals surface area contributed by atoms with Gasteiger partial charge in [0.2, 0.25) is 5.91 Å². The fourth-order valence-corrected chi connectivity index (χ4v) is 3.91. The SMILES string of the molecule is CCC(NC(=O)Cn1c(-c2cscn2)nc2ccccc21)c1ccc(Cl)cc1. The van der Waals surface area contributed by atoms with Crippen LogP contribution in [-0.4, -0.2) is 20.4 Å². The molecule has 4 rings (SSSR count). The van der Waals surface area contributed by atoms with E-state index in [-0.39, 0.29) is 18.5 Å². The van der Waals surface area contributed by atoms with Crippen LogP contribution < -0.4 is 5.32 Å². The van der Waals surface area contributed by atoms with Gasteiger partial charge < -0.3 is 9.88 Å². The Bertz CT molecular complexity index is 1090. The minimum absolute atomic E-state index is 0.0673. The van der Waals surface area contributed by atoms with Crippen molar-refractivity contribution in [1.82, 2.24) is 19.9 Å². The molecule has 2 heterocycles. The van der Waals surface area contributed by atoms with Gasteiger partial charge >= 0.3 is 0 Å². The monoisotopic (exact) mass is 410 g/mol. The molecular weight excluding hydrogens is 392 g/mol. The van der Waals surface area contributed by atoms with Gasteiger partial charge in [-0.2, -0.15) is 0 Å². The second kappa shape index (κ2) is 8.12. The van der Waals surface area contributed by atoms with E-state index in [0.29, 0.717) is 10.8 Å². The Hall–Kier alpha value is -2.70. The number of carbonyl (C=O) groups excluding carboxylic acids is 1. The lowest BCUT2D eigenvalue weighted by molar-refractivity contribution is -0.122. The van der Waals surface area contributed by atoms with Crippen molar-refractivity contribution in [2.24, 2.45) is 0 Å². The number of rotatable bonds is 6. The third-order valence-corrected chi connectivity index (χ3v) is 5.47. The van der Waals surface area contributed by atoms with Crippen molar-refractivity contribution in [2.75, 3.05) is 0 Å². The van der Waals surface area contributed by atoms with Gasteiger partial charge in [-0.15, -0.1) is 11.3 Å². The number of hydrogen-bond donors (Lipinski definition) is 1. The highest BCUT2D eigenvalue weighted by molar-refractivity contribution is 7.07. The number of nitrogens with one attached hydrogen (secondary N) is 1. The molecule has 4 aromatic rings. The van der Waals surface area contributed by atoms with Gasteiger partial charge in [-0.3, -0.25) is 4.79 Å². The summed E-state index contributed by atoms with van der Waals surface area (Å²) >= 11 is 7.49. The second-order valence-corrected chi connectivity index (χ2v) is 7.62. The Morgan fingerprint density at radius 3 is 2.71 bits per heavy atom. The van der Waals surface area contributed by atoms with Crippen LogP contribution in [0, 0.1) is 0 Å². The molecule has 5 nitrogen and oxygen atoms in total.